The molecule has 1 saturated heterocycles. The molecular formula is C9H11NO3S. The summed E-state index contributed by atoms with van der Waals surface area (Å²) in [5.41, 5.74) is 0. The molecule has 0 saturated carbocycles. The third kappa shape index (κ3) is 3.81. The van der Waals surface area contributed by atoms with Crippen LogP contribution in [0.25, 0.3) is 0 Å². The van der Waals surface area contributed by atoms with E-state index in [1.807, 2.05) is 0 Å². The number of thioether (sulfide) groups is 1. The SMILES string of the molecule is C#CCSCCN1CC(=O)OC(=O)C1. The predicted molar refractivity (Wildman–Crippen MR) is 53.7 cm³/mol. The van der Waals surface area contributed by atoms with E-state index >= 15 is 0 Å². The molecule has 14 heavy (non-hydrogen) atoms. The minimum absolute atomic E-state index is 0.197. The molecule has 0 aromatic heterocycles. The minimum atomic E-state index is -0.469. The van der Waals surface area contributed by atoms with Gasteiger partial charge in [-0.2, -0.15) is 0 Å². The van der Waals surface area contributed by atoms with Crippen molar-refractivity contribution < 1.29 is 14.3 Å². The maximum Gasteiger partial charge on any atom is 0.327 e. The first kappa shape index (κ1) is 11.1. The number of terminal acetylenes is 1. The Bertz CT molecular complexity index is 256. The lowest BCUT2D eigenvalue weighted by Gasteiger charge is -2.23. The van der Waals surface area contributed by atoms with E-state index in [-0.39, 0.29) is 13.1 Å². The highest BCUT2D eigenvalue weighted by molar-refractivity contribution is 7.99. The molecule has 0 aromatic carbocycles. The number of carbonyl (C=O) groups excluding carboxylic acids is 2. The lowest BCUT2D eigenvalue weighted by molar-refractivity contribution is -0.166. The van der Waals surface area contributed by atoms with Crippen molar-refractivity contribution in [3.05, 3.63) is 0 Å². The van der Waals surface area contributed by atoms with Gasteiger partial charge in [-0.05, 0) is 0 Å². The molecule has 0 bridgehead atoms. The Kier molecular flexibility index (Phi) is 4.50. The number of hydrogen-bond donors (Lipinski definition) is 0. The van der Waals surface area contributed by atoms with Gasteiger partial charge in [-0.3, -0.25) is 14.5 Å². The molecule has 0 spiro atoms. The number of hydrogen-bond acceptors (Lipinski definition) is 5. The Hall–Kier alpha value is -0.990. The number of nitrogens with zero attached hydrogens (tertiary/aromatic N) is 1. The van der Waals surface area contributed by atoms with Gasteiger partial charge in [0.15, 0.2) is 0 Å². The van der Waals surface area contributed by atoms with Crippen molar-refractivity contribution in [1.82, 2.24) is 4.90 Å². The van der Waals surface area contributed by atoms with E-state index in [1.165, 1.54) is 0 Å². The van der Waals surface area contributed by atoms with E-state index in [4.69, 9.17) is 6.42 Å². The Morgan fingerprint density at radius 2 is 2.07 bits per heavy atom. The van der Waals surface area contributed by atoms with Gasteiger partial charge >= 0.3 is 11.9 Å². The van der Waals surface area contributed by atoms with Crippen LogP contribution in [0.1, 0.15) is 0 Å². The molecule has 4 nitrogen and oxygen atoms in total. The second-order valence-electron chi connectivity index (χ2n) is 2.81. The van der Waals surface area contributed by atoms with Crippen LogP contribution in [0.15, 0.2) is 0 Å². The van der Waals surface area contributed by atoms with E-state index in [0.29, 0.717) is 12.3 Å². The molecule has 1 heterocycles. The second kappa shape index (κ2) is 5.68. The van der Waals surface area contributed by atoms with E-state index in [9.17, 15) is 9.59 Å². The van der Waals surface area contributed by atoms with Crippen molar-refractivity contribution in [3.63, 3.8) is 0 Å². The molecule has 0 amide bonds. The van der Waals surface area contributed by atoms with Crippen molar-refractivity contribution in [2.75, 3.05) is 31.1 Å². The summed E-state index contributed by atoms with van der Waals surface area (Å²) in [4.78, 5) is 23.5. The van der Waals surface area contributed by atoms with Gasteiger partial charge in [0, 0.05) is 12.3 Å². The molecule has 0 atom stereocenters. The van der Waals surface area contributed by atoms with Crippen LogP contribution in [0.4, 0.5) is 0 Å². The Balaban J connectivity index is 2.21. The number of rotatable bonds is 4. The highest BCUT2D eigenvalue weighted by Gasteiger charge is 2.23. The first-order chi connectivity index (χ1) is 6.72. The van der Waals surface area contributed by atoms with Gasteiger partial charge in [0.05, 0.1) is 18.8 Å². The molecular weight excluding hydrogens is 202 g/mol. The standard InChI is InChI=1S/C9H11NO3S/c1-2-4-14-5-3-10-6-8(11)13-9(12)7-10/h1H,3-7H2. The summed E-state index contributed by atoms with van der Waals surface area (Å²) in [6, 6.07) is 0. The summed E-state index contributed by atoms with van der Waals surface area (Å²) in [6.07, 6.45) is 5.08. The Morgan fingerprint density at radius 1 is 1.43 bits per heavy atom. The van der Waals surface area contributed by atoms with Gasteiger partial charge in [0.1, 0.15) is 0 Å². The Labute approximate surface area is 87.0 Å². The van der Waals surface area contributed by atoms with Crippen LogP contribution in [0.5, 0.6) is 0 Å². The molecule has 1 fully saturated rings. The number of cyclic esters (lactones) is 2. The van der Waals surface area contributed by atoms with Crippen molar-refractivity contribution in [3.8, 4) is 12.3 Å². The van der Waals surface area contributed by atoms with Crippen LogP contribution in [0.2, 0.25) is 0 Å². The van der Waals surface area contributed by atoms with Crippen molar-refractivity contribution >= 4 is 23.7 Å². The molecule has 0 aliphatic carbocycles. The predicted octanol–water partition coefficient (Wildman–Crippen LogP) is -0.262. The van der Waals surface area contributed by atoms with Gasteiger partial charge in [-0.15, -0.1) is 18.2 Å². The summed E-state index contributed by atoms with van der Waals surface area (Å²) >= 11 is 1.61. The monoisotopic (exact) mass is 213 g/mol. The smallest absolute Gasteiger partial charge is 0.327 e. The normalized spacial score (nSPS) is 17.6. The zero-order valence-corrected chi connectivity index (χ0v) is 8.51. The van der Waals surface area contributed by atoms with Gasteiger partial charge < -0.3 is 4.74 Å². The molecule has 1 aliphatic rings. The highest BCUT2D eigenvalue weighted by atomic mass is 32.2. The Morgan fingerprint density at radius 3 is 2.64 bits per heavy atom. The molecule has 0 aromatic rings. The van der Waals surface area contributed by atoms with Crippen LogP contribution in [-0.2, 0) is 14.3 Å². The largest absolute Gasteiger partial charge is 0.391 e. The van der Waals surface area contributed by atoms with Gasteiger partial charge in [0.25, 0.3) is 0 Å². The molecule has 5 heteroatoms. The van der Waals surface area contributed by atoms with Crippen molar-refractivity contribution in [2.24, 2.45) is 0 Å². The summed E-state index contributed by atoms with van der Waals surface area (Å²) in [7, 11) is 0. The van der Waals surface area contributed by atoms with Crippen molar-refractivity contribution in [1.29, 1.82) is 0 Å². The summed E-state index contributed by atoms with van der Waals surface area (Å²) < 4.78 is 4.39. The minimum Gasteiger partial charge on any atom is -0.391 e. The van der Waals surface area contributed by atoms with Crippen LogP contribution >= 0.6 is 11.8 Å². The van der Waals surface area contributed by atoms with Gasteiger partial charge in [-0.1, -0.05) is 5.92 Å². The lowest BCUT2D eigenvalue weighted by Crippen LogP contribution is -2.43. The number of ether oxygens (including phenoxy) is 1. The fourth-order valence-electron chi connectivity index (χ4n) is 1.10. The first-order valence-electron chi connectivity index (χ1n) is 4.19. The number of esters is 2. The van der Waals surface area contributed by atoms with Crippen LogP contribution < -0.4 is 0 Å². The zero-order chi connectivity index (χ0) is 10.4. The summed E-state index contributed by atoms with van der Waals surface area (Å²) in [5, 5.41) is 0. The van der Waals surface area contributed by atoms with Gasteiger partial charge in [0.2, 0.25) is 0 Å². The third-order valence-corrected chi connectivity index (χ3v) is 2.51. The summed E-state index contributed by atoms with van der Waals surface area (Å²) in [5.74, 6) is 3.05. The molecule has 1 aliphatic heterocycles. The molecule has 1 rings (SSSR count). The van der Waals surface area contributed by atoms with E-state index in [2.05, 4.69) is 10.7 Å². The number of carbonyl (C=O) groups is 2. The average molecular weight is 213 g/mol. The third-order valence-electron chi connectivity index (χ3n) is 1.67. The fourth-order valence-corrected chi connectivity index (χ4v) is 1.74. The molecule has 0 radical (unpaired) electrons. The highest BCUT2D eigenvalue weighted by Crippen LogP contribution is 2.03. The lowest BCUT2D eigenvalue weighted by atomic mass is 10.4. The van der Waals surface area contributed by atoms with Crippen LogP contribution in [0, 0.1) is 12.3 Å². The fraction of sp³-hybridized carbons (Fsp3) is 0.556. The van der Waals surface area contributed by atoms with Crippen LogP contribution in [-0.4, -0.2) is 48.0 Å². The first-order valence-corrected chi connectivity index (χ1v) is 5.35. The van der Waals surface area contributed by atoms with E-state index in [0.717, 1.165) is 5.75 Å². The second-order valence-corrected chi connectivity index (χ2v) is 3.92. The molecule has 0 unspecified atom stereocenters. The zero-order valence-electron chi connectivity index (χ0n) is 7.69. The average Bonchev–Trinajstić information content (AvgIpc) is 2.11. The van der Waals surface area contributed by atoms with E-state index < -0.39 is 11.9 Å². The van der Waals surface area contributed by atoms with E-state index in [1.54, 1.807) is 16.7 Å². The molecule has 0 N–H and O–H groups in total. The maximum atomic E-state index is 10.8. The van der Waals surface area contributed by atoms with Gasteiger partial charge in [-0.25, -0.2) is 0 Å². The molecule has 76 valence electrons. The summed E-state index contributed by atoms with van der Waals surface area (Å²) in [6.45, 7) is 1.08. The number of morpholine rings is 1. The topological polar surface area (TPSA) is 46.6 Å². The van der Waals surface area contributed by atoms with Crippen molar-refractivity contribution in [2.45, 2.75) is 0 Å². The quantitative estimate of drug-likeness (QED) is 0.279. The maximum absolute atomic E-state index is 10.8. The van der Waals surface area contributed by atoms with Crippen LogP contribution in [0.3, 0.4) is 0 Å².